The lowest BCUT2D eigenvalue weighted by atomic mass is 10.1. The van der Waals surface area contributed by atoms with E-state index >= 15 is 0 Å². The van der Waals surface area contributed by atoms with Crippen LogP contribution in [0, 0.1) is 0 Å². The van der Waals surface area contributed by atoms with E-state index in [1.807, 2.05) is 47.2 Å². The molecule has 82 valence electrons. The number of carboxylic acid groups (broad SMARTS) is 1. The molecule has 1 atom stereocenters. The molecule has 0 unspecified atom stereocenters. The molecular formula is C12H11NO2S. The second-order valence-electron chi connectivity index (χ2n) is 3.34. The van der Waals surface area contributed by atoms with E-state index in [2.05, 4.69) is 5.32 Å². The summed E-state index contributed by atoms with van der Waals surface area (Å²) < 4.78 is 0. The Balaban J connectivity index is 2.19. The van der Waals surface area contributed by atoms with E-state index in [0.717, 1.165) is 11.3 Å². The lowest BCUT2D eigenvalue weighted by Crippen LogP contribution is -2.19. The maximum atomic E-state index is 11.1. The molecule has 16 heavy (non-hydrogen) atoms. The van der Waals surface area contributed by atoms with Crippen LogP contribution in [0.1, 0.15) is 11.6 Å². The van der Waals surface area contributed by atoms with Gasteiger partial charge >= 0.3 is 5.97 Å². The van der Waals surface area contributed by atoms with Crippen molar-refractivity contribution >= 4 is 23.0 Å². The Morgan fingerprint density at radius 2 is 2.00 bits per heavy atom. The van der Waals surface area contributed by atoms with Crippen molar-refractivity contribution in [1.82, 2.24) is 0 Å². The minimum absolute atomic E-state index is 0.686. The van der Waals surface area contributed by atoms with E-state index in [0.29, 0.717) is 0 Å². The van der Waals surface area contributed by atoms with Gasteiger partial charge in [0, 0.05) is 5.69 Å². The van der Waals surface area contributed by atoms with Gasteiger partial charge in [-0.15, -0.1) is 0 Å². The molecule has 0 aliphatic carbocycles. The van der Waals surface area contributed by atoms with Crippen molar-refractivity contribution in [2.45, 2.75) is 6.04 Å². The fourth-order valence-corrected chi connectivity index (χ4v) is 2.11. The van der Waals surface area contributed by atoms with E-state index < -0.39 is 12.0 Å². The summed E-state index contributed by atoms with van der Waals surface area (Å²) in [5.74, 6) is -0.873. The molecule has 0 aliphatic heterocycles. The predicted molar refractivity (Wildman–Crippen MR) is 64.8 cm³/mol. The highest BCUT2D eigenvalue weighted by Crippen LogP contribution is 2.21. The second-order valence-corrected chi connectivity index (χ2v) is 4.12. The third kappa shape index (κ3) is 2.41. The molecule has 2 rings (SSSR count). The number of thiophene rings is 1. The zero-order valence-electron chi connectivity index (χ0n) is 8.46. The Bertz CT molecular complexity index is 453. The number of carboxylic acids is 1. The van der Waals surface area contributed by atoms with E-state index in [1.54, 1.807) is 0 Å². The Morgan fingerprint density at radius 3 is 2.56 bits per heavy atom. The van der Waals surface area contributed by atoms with Gasteiger partial charge in [-0.2, -0.15) is 11.3 Å². The number of benzene rings is 1. The summed E-state index contributed by atoms with van der Waals surface area (Å²) in [6.45, 7) is 0. The molecule has 0 radical (unpaired) electrons. The Labute approximate surface area is 97.4 Å². The first-order valence-corrected chi connectivity index (χ1v) is 5.78. The maximum absolute atomic E-state index is 11.1. The quantitative estimate of drug-likeness (QED) is 0.853. The molecule has 0 amide bonds. The second kappa shape index (κ2) is 4.81. The largest absolute Gasteiger partial charge is 0.479 e. The highest BCUT2D eigenvalue weighted by atomic mass is 32.1. The smallest absolute Gasteiger partial charge is 0.330 e. The van der Waals surface area contributed by atoms with Crippen LogP contribution in [0.15, 0.2) is 47.2 Å². The van der Waals surface area contributed by atoms with Gasteiger partial charge in [-0.3, -0.25) is 0 Å². The molecule has 1 heterocycles. The van der Waals surface area contributed by atoms with Crippen molar-refractivity contribution in [1.29, 1.82) is 0 Å². The van der Waals surface area contributed by atoms with Crippen LogP contribution in [-0.2, 0) is 4.79 Å². The number of hydrogen-bond donors (Lipinski definition) is 2. The van der Waals surface area contributed by atoms with Crippen molar-refractivity contribution in [3.63, 3.8) is 0 Å². The van der Waals surface area contributed by atoms with Gasteiger partial charge in [0.05, 0.1) is 0 Å². The number of aliphatic carboxylic acids is 1. The van der Waals surface area contributed by atoms with Crippen LogP contribution >= 0.6 is 11.3 Å². The van der Waals surface area contributed by atoms with Gasteiger partial charge in [0.1, 0.15) is 0 Å². The average Bonchev–Trinajstić information content (AvgIpc) is 2.80. The van der Waals surface area contributed by atoms with E-state index in [1.165, 1.54) is 11.3 Å². The number of para-hydroxylation sites is 1. The third-order valence-electron chi connectivity index (χ3n) is 2.21. The average molecular weight is 233 g/mol. The third-order valence-corrected chi connectivity index (χ3v) is 2.91. The summed E-state index contributed by atoms with van der Waals surface area (Å²) in [4.78, 5) is 11.1. The lowest BCUT2D eigenvalue weighted by molar-refractivity contribution is -0.138. The first-order valence-electron chi connectivity index (χ1n) is 4.84. The molecule has 4 heteroatoms. The fraction of sp³-hybridized carbons (Fsp3) is 0.0833. The molecule has 3 nitrogen and oxygen atoms in total. The van der Waals surface area contributed by atoms with Crippen LogP contribution in [0.4, 0.5) is 5.69 Å². The molecule has 0 saturated heterocycles. The maximum Gasteiger partial charge on any atom is 0.330 e. The summed E-state index contributed by atoms with van der Waals surface area (Å²) in [6, 6.07) is 10.5. The van der Waals surface area contributed by atoms with Gasteiger partial charge in [-0.25, -0.2) is 4.79 Å². The van der Waals surface area contributed by atoms with Crippen LogP contribution < -0.4 is 5.32 Å². The predicted octanol–water partition coefficient (Wildman–Crippen LogP) is 2.99. The Morgan fingerprint density at radius 1 is 1.25 bits per heavy atom. The van der Waals surface area contributed by atoms with E-state index in [9.17, 15) is 4.79 Å². The fourth-order valence-electron chi connectivity index (χ4n) is 1.43. The molecule has 0 aliphatic rings. The summed E-state index contributed by atoms with van der Waals surface area (Å²) in [6.07, 6.45) is 0. The van der Waals surface area contributed by atoms with Crippen LogP contribution in [0.3, 0.4) is 0 Å². The monoisotopic (exact) mass is 233 g/mol. The van der Waals surface area contributed by atoms with Crippen molar-refractivity contribution in [3.05, 3.63) is 52.7 Å². The zero-order valence-corrected chi connectivity index (χ0v) is 9.28. The van der Waals surface area contributed by atoms with Gasteiger partial charge in [0.2, 0.25) is 0 Å². The molecule has 0 fully saturated rings. The number of rotatable bonds is 4. The number of nitrogens with one attached hydrogen (secondary N) is 1. The van der Waals surface area contributed by atoms with E-state index in [4.69, 9.17) is 5.11 Å². The van der Waals surface area contributed by atoms with Crippen molar-refractivity contribution < 1.29 is 9.90 Å². The Hall–Kier alpha value is -1.81. The molecule has 2 N–H and O–H groups in total. The van der Waals surface area contributed by atoms with Crippen molar-refractivity contribution in [2.24, 2.45) is 0 Å². The molecule has 1 aromatic heterocycles. The van der Waals surface area contributed by atoms with Crippen LogP contribution in [0.2, 0.25) is 0 Å². The number of anilines is 1. The number of carbonyl (C=O) groups is 1. The highest BCUT2D eigenvalue weighted by Gasteiger charge is 2.19. The molecule has 0 spiro atoms. The lowest BCUT2D eigenvalue weighted by Gasteiger charge is -2.14. The van der Waals surface area contributed by atoms with Crippen molar-refractivity contribution in [3.8, 4) is 0 Å². The van der Waals surface area contributed by atoms with Crippen LogP contribution in [0.5, 0.6) is 0 Å². The number of hydrogen-bond acceptors (Lipinski definition) is 3. The molecular weight excluding hydrogens is 222 g/mol. The zero-order chi connectivity index (χ0) is 11.4. The highest BCUT2D eigenvalue weighted by molar-refractivity contribution is 7.08. The summed E-state index contributed by atoms with van der Waals surface area (Å²) in [5, 5.41) is 15.9. The normalized spacial score (nSPS) is 12.0. The Kier molecular flexibility index (Phi) is 3.22. The van der Waals surface area contributed by atoms with Gasteiger partial charge in [0.25, 0.3) is 0 Å². The van der Waals surface area contributed by atoms with Crippen LogP contribution in [-0.4, -0.2) is 11.1 Å². The molecule has 1 aromatic carbocycles. The van der Waals surface area contributed by atoms with Gasteiger partial charge < -0.3 is 10.4 Å². The van der Waals surface area contributed by atoms with E-state index in [-0.39, 0.29) is 0 Å². The van der Waals surface area contributed by atoms with Gasteiger partial charge in [-0.05, 0) is 34.5 Å². The first-order chi connectivity index (χ1) is 7.77. The summed E-state index contributed by atoms with van der Waals surface area (Å²) in [5.41, 5.74) is 1.59. The van der Waals surface area contributed by atoms with Gasteiger partial charge in [-0.1, -0.05) is 18.2 Å². The van der Waals surface area contributed by atoms with Gasteiger partial charge in [0.15, 0.2) is 6.04 Å². The topological polar surface area (TPSA) is 49.3 Å². The first kappa shape index (κ1) is 10.7. The molecule has 0 saturated carbocycles. The van der Waals surface area contributed by atoms with Crippen molar-refractivity contribution in [2.75, 3.05) is 5.32 Å². The minimum Gasteiger partial charge on any atom is -0.479 e. The minimum atomic E-state index is -0.873. The summed E-state index contributed by atoms with van der Waals surface area (Å²) >= 11 is 1.49. The molecule has 2 aromatic rings. The standard InChI is InChI=1S/C12H11NO2S/c14-12(15)11(9-6-7-16-8-9)13-10-4-2-1-3-5-10/h1-8,11,13H,(H,14,15)/t11-/m1/s1. The molecule has 0 bridgehead atoms. The summed E-state index contributed by atoms with van der Waals surface area (Å²) in [7, 11) is 0. The SMILES string of the molecule is O=C(O)[C@H](Nc1ccccc1)c1ccsc1. The van der Waals surface area contributed by atoms with Crippen LogP contribution in [0.25, 0.3) is 0 Å².